The zero-order valence-electron chi connectivity index (χ0n) is 11.4. The van der Waals surface area contributed by atoms with E-state index in [-0.39, 0.29) is 11.7 Å². The molecule has 4 nitrogen and oxygen atoms in total. The second-order valence-corrected chi connectivity index (χ2v) is 5.96. The van der Waals surface area contributed by atoms with Gasteiger partial charge < -0.3 is 14.4 Å². The summed E-state index contributed by atoms with van der Waals surface area (Å²) < 4.78 is 7.98. The van der Waals surface area contributed by atoms with Crippen LogP contribution in [0.2, 0.25) is 0 Å². The summed E-state index contributed by atoms with van der Waals surface area (Å²) in [7, 11) is 0. The third-order valence-corrected chi connectivity index (χ3v) is 4.34. The molecule has 0 radical (unpaired) electrons. The van der Waals surface area contributed by atoms with Crippen molar-refractivity contribution in [3.05, 3.63) is 27.9 Å². The standard InChI is InChI=1S/C15H16BrNO3/c1-3-20-15(19)14-8(2)17(9-4-5-9)12-7-11(16)13(18)6-10(12)14/h6-7,9,18H,3-5H2,1-2H3. The molecule has 0 aliphatic heterocycles. The van der Waals surface area contributed by atoms with E-state index >= 15 is 0 Å². The van der Waals surface area contributed by atoms with E-state index in [9.17, 15) is 9.90 Å². The molecular weight excluding hydrogens is 322 g/mol. The van der Waals surface area contributed by atoms with Gasteiger partial charge in [0.05, 0.1) is 22.2 Å². The maximum absolute atomic E-state index is 12.2. The van der Waals surface area contributed by atoms with Crippen LogP contribution >= 0.6 is 15.9 Å². The van der Waals surface area contributed by atoms with Crippen molar-refractivity contribution in [3.63, 3.8) is 0 Å². The highest BCUT2D eigenvalue weighted by Gasteiger charge is 2.31. The van der Waals surface area contributed by atoms with Gasteiger partial charge in [-0.1, -0.05) is 0 Å². The number of hydrogen-bond donors (Lipinski definition) is 1. The highest BCUT2D eigenvalue weighted by atomic mass is 79.9. The van der Waals surface area contributed by atoms with E-state index in [0.717, 1.165) is 29.4 Å². The maximum Gasteiger partial charge on any atom is 0.340 e. The monoisotopic (exact) mass is 337 g/mol. The topological polar surface area (TPSA) is 51.5 Å². The first kappa shape index (κ1) is 13.5. The molecule has 1 saturated carbocycles. The van der Waals surface area contributed by atoms with Gasteiger partial charge in [0.15, 0.2) is 0 Å². The predicted molar refractivity (Wildman–Crippen MR) is 80.3 cm³/mol. The van der Waals surface area contributed by atoms with Gasteiger partial charge in [-0.15, -0.1) is 0 Å². The van der Waals surface area contributed by atoms with Gasteiger partial charge in [0, 0.05) is 17.1 Å². The van der Waals surface area contributed by atoms with Crippen LogP contribution in [0.5, 0.6) is 5.75 Å². The number of benzene rings is 1. The Morgan fingerprint density at radius 1 is 1.50 bits per heavy atom. The highest BCUT2D eigenvalue weighted by Crippen LogP contribution is 2.43. The molecule has 1 aromatic heterocycles. The number of aromatic hydroxyl groups is 1. The molecule has 0 amide bonds. The van der Waals surface area contributed by atoms with Crippen LogP contribution in [0, 0.1) is 6.92 Å². The zero-order chi connectivity index (χ0) is 14.4. The number of fused-ring (bicyclic) bond motifs is 1. The molecule has 20 heavy (non-hydrogen) atoms. The van der Waals surface area contributed by atoms with Crippen molar-refractivity contribution < 1.29 is 14.6 Å². The molecule has 1 N–H and O–H groups in total. The quantitative estimate of drug-likeness (QED) is 0.863. The highest BCUT2D eigenvalue weighted by molar-refractivity contribution is 9.10. The van der Waals surface area contributed by atoms with Crippen LogP contribution in [0.25, 0.3) is 10.9 Å². The van der Waals surface area contributed by atoms with E-state index in [4.69, 9.17) is 4.74 Å². The normalized spacial score (nSPS) is 14.8. The minimum Gasteiger partial charge on any atom is -0.507 e. The maximum atomic E-state index is 12.2. The van der Waals surface area contributed by atoms with Gasteiger partial charge in [-0.2, -0.15) is 0 Å². The fourth-order valence-electron chi connectivity index (χ4n) is 2.71. The van der Waals surface area contributed by atoms with Crippen LogP contribution in [0.1, 0.15) is 41.9 Å². The first-order valence-corrected chi connectivity index (χ1v) is 7.54. The molecule has 1 aromatic carbocycles. The van der Waals surface area contributed by atoms with Gasteiger partial charge >= 0.3 is 5.97 Å². The minimum absolute atomic E-state index is 0.135. The number of carbonyl (C=O) groups excluding carboxylic acids is 1. The zero-order valence-corrected chi connectivity index (χ0v) is 13.0. The average Bonchev–Trinajstić information content (AvgIpc) is 3.16. The number of hydrogen-bond acceptors (Lipinski definition) is 3. The minimum atomic E-state index is -0.323. The third kappa shape index (κ3) is 2.00. The van der Waals surface area contributed by atoms with Crippen molar-refractivity contribution in [2.24, 2.45) is 0 Å². The predicted octanol–water partition coefficient (Wildman–Crippen LogP) is 3.93. The smallest absolute Gasteiger partial charge is 0.340 e. The summed E-state index contributed by atoms with van der Waals surface area (Å²) in [4.78, 5) is 12.2. The van der Waals surface area contributed by atoms with Crippen molar-refractivity contribution in [2.75, 3.05) is 6.61 Å². The number of phenolic OH excluding ortho intramolecular Hbond substituents is 1. The number of ether oxygens (including phenoxy) is 1. The number of aromatic nitrogens is 1. The molecule has 106 valence electrons. The second kappa shape index (κ2) is 4.81. The van der Waals surface area contributed by atoms with Crippen LogP contribution in [0.4, 0.5) is 0 Å². The summed E-state index contributed by atoms with van der Waals surface area (Å²) in [6.07, 6.45) is 2.26. The molecule has 0 spiro atoms. The van der Waals surface area contributed by atoms with E-state index < -0.39 is 0 Å². The van der Waals surface area contributed by atoms with E-state index in [1.807, 2.05) is 13.0 Å². The van der Waals surface area contributed by atoms with Crippen molar-refractivity contribution in [1.82, 2.24) is 4.57 Å². The Bertz CT molecular complexity index is 701. The summed E-state index contributed by atoms with van der Waals surface area (Å²) in [6.45, 7) is 4.08. The summed E-state index contributed by atoms with van der Waals surface area (Å²) in [5.41, 5.74) is 2.45. The number of phenols is 1. The fourth-order valence-corrected chi connectivity index (χ4v) is 3.04. The number of rotatable bonds is 3. The molecular formula is C15H16BrNO3. The lowest BCUT2D eigenvalue weighted by Crippen LogP contribution is -2.07. The number of carbonyl (C=O) groups is 1. The van der Waals surface area contributed by atoms with E-state index in [2.05, 4.69) is 20.5 Å². The molecule has 0 unspecified atom stereocenters. The lowest BCUT2D eigenvalue weighted by molar-refractivity contribution is 0.0527. The molecule has 0 atom stereocenters. The van der Waals surface area contributed by atoms with Crippen LogP contribution in [0.3, 0.4) is 0 Å². The average molecular weight is 338 g/mol. The molecule has 1 aliphatic carbocycles. The number of halogens is 1. The van der Waals surface area contributed by atoms with Crippen molar-refractivity contribution >= 4 is 32.8 Å². The number of esters is 1. The Morgan fingerprint density at radius 3 is 2.80 bits per heavy atom. The summed E-state index contributed by atoms with van der Waals surface area (Å²) >= 11 is 3.34. The lowest BCUT2D eigenvalue weighted by atomic mass is 10.1. The largest absolute Gasteiger partial charge is 0.507 e. The van der Waals surface area contributed by atoms with Gasteiger partial charge in [-0.3, -0.25) is 0 Å². The molecule has 5 heteroatoms. The van der Waals surface area contributed by atoms with E-state index in [1.165, 1.54) is 0 Å². The van der Waals surface area contributed by atoms with Crippen molar-refractivity contribution in [2.45, 2.75) is 32.7 Å². The molecule has 1 heterocycles. The Morgan fingerprint density at radius 2 is 2.20 bits per heavy atom. The lowest BCUT2D eigenvalue weighted by Gasteiger charge is -2.06. The van der Waals surface area contributed by atoms with E-state index in [0.29, 0.717) is 22.7 Å². The summed E-state index contributed by atoms with van der Waals surface area (Å²) in [5, 5.41) is 10.7. The first-order chi connectivity index (χ1) is 9.54. The molecule has 1 fully saturated rings. The SMILES string of the molecule is CCOC(=O)c1c(C)n(C2CC2)c2cc(Br)c(O)cc12. The van der Waals surface area contributed by atoms with Crippen molar-refractivity contribution in [3.8, 4) is 5.75 Å². The van der Waals surface area contributed by atoms with Crippen LogP contribution in [0.15, 0.2) is 16.6 Å². The Balaban J connectivity index is 2.30. The van der Waals surface area contributed by atoms with Gasteiger partial charge in [0.25, 0.3) is 0 Å². The molecule has 0 saturated heterocycles. The van der Waals surface area contributed by atoms with Crippen LogP contribution in [-0.4, -0.2) is 22.2 Å². The van der Waals surface area contributed by atoms with E-state index in [1.54, 1.807) is 13.0 Å². The van der Waals surface area contributed by atoms with Crippen LogP contribution in [-0.2, 0) is 4.74 Å². The van der Waals surface area contributed by atoms with Gasteiger partial charge in [-0.05, 0) is 54.8 Å². The summed E-state index contributed by atoms with van der Waals surface area (Å²) in [5.74, 6) is -0.188. The molecule has 2 aromatic rings. The Labute approximate surface area is 125 Å². The van der Waals surface area contributed by atoms with Crippen LogP contribution < -0.4 is 0 Å². The Kier molecular flexibility index (Phi) is 3.24. The number of nitrogens with zero attached hydrogens (tertiary/aromatic N) is 1. The summed E-state index contributed by atoms with van der Waals surface area (Å²) in [6, 6.07) is 3.97. The third-order valence-electron chi connectivity index (χ3n) is 3.71. The van der Waals surface area contributed by atoms with Gasteiger partial charge in [0.1, 0.15) is 5.75 Å². The van der Waals surface area contributed by atoms with Crippen molar-refractivity contribution in [1.29, 1.82) is 0 Å². The molecule has 3 rings (SSSR count). The molecule has 0 bridgehead atoms. The van der Waals surface area contributed by atoms with Gasteiger partial charge in [-0.25, -0.2) is 4.79 Å². The molecule has 1 aliphatic rings. The second-order valence-electron chi connectivity index (χ2n) is 5.10. The fraction of sp³-hybridized carbons (Fsp3) is 0.400. The van der Waals surface area contributed by atoms with Gasteiger partial charge in [0.2, 0.25) is 0 Å². The Hall–Kier alpha value is -1.49. The first-order valence-electron chi connectivity index (χ1n) is 6.74.